The van der Waals surface area contributed by atoms with Crippen molar-refractivity contribution in [3.8, 4) is 0 Å². The Morgan fingerprint density at radius 1 is 1.27 bits per heavy atom. The Balaban J connectivity index is 1.42. The van der Waals surface area contributed by atoms with Crippen molar-refractivity contribution in [2.24, 2.45) is 0 Å². The summed E-state index contributed by atoms with van der Waals surface area (Å²) in [6.07, 6.45) is 5.00. The molecule has 0 radical (unpaired) electrons. The highest BCUT2D eigenvalue weighted by Gasteiger charge is 2.31. The number of rotatable bonds is 6. The minimum Gasteiger partial charge on any atom is -0.461 e. The summed E-state index contributed by atoms with van der Waals surface area (Å²) in [5.74, 6) is -0.615. The van der Waals surface area contributed by atoms with Crippen LogP contribution in [0.1, 0.15) is 49.7 Å². The van der Waals surface area contributed by atoms with E-state index in [4.69, 9.17) is 4.74 Å². The number of carbonyl (C=O) groups excluding carboxylic acids is 2. The van der Waals surface area contributed by atoms with Crippen LogP contribution in [-0.4, -0.2) is 54.1 Å². The zero-order valence-electron chi connectivity index (χ0n) is 18.5. The molecule has 0 unspecified atom stereocenters. The van der Waals surface area contributed by atoms with Gasteiger partial charge in [0.1, 0.15) is 11.3 Å². The summed E-state index contributed by atoms with van der Waals surface area (Å²) in [4.78, 5) is 37.6. The Morgan fingerprint density at radius 3 is 2.91 bits per heavy atom. The summed E-state index contributed by atoms with van der Waals surface area (Å²) in [6.45, 7) is 5.52. The van der Waals surface area contributed by atoms with Gasteiger partial charge >= 0.3 is 5.97 Å². The minimum atomic E-state index is -0.455. The summed E-state index contributed by atoms with van der Waals surface area (Å²) in [5, 5.41) is 4.61. The van der Waals surface area contributed by atoms with Crippen molar-refractivity contribution < 1.29 is 14.3 Å². The van der Waals surface area contributed by atoms with E-state index < -0.39 is 5.97 Å². The van der Waals surface area contributed by atoms with Gasteiger partial charge in [0.05, 0.1) is 24.4 Å². The molecule has 0 aliphatic carbocycles. The molecule has 0 saturated carbocycles. The molecule has 1 amide bonds. The van der Waals surface area contributed by atoms with Gasteiger partial charge in [-0.25, -0.2) is 14.8 Å². The molecule has 9 nitrogen and oxygen atoms in total. The molecule has 0 spiro atoms. The number of fused-ring (bicyclic) bond motifs is 2. The van der Waals surface area contributed by atoms with E-state index in [1.165, 1.54) is 4.88 Å². The van der Waals surface area contributed by atoms with Crippen LogP contribution in [0.5, 0.6) is 0 Å². The van der Waals surface area contributed by atoms with Gasteiger partial charge in [-0.2, -0.15) is 5.10 Å². The van der Waals surface area contributed by atoms with Gasteiger partial charge in [-0.3, -0.25) is 9.48 Å². The van der Waals surface area contributed by atoms with Gasteiger partial charge in [0.15, 0.2) is 5.69 Å². The summed E-state index contributed by atoms with van der Waals surface area (Å²) >= 11 is 1.63. The van der Waals surface area contributed by atoms with Crippen LogP contribution in [0, 0.1) is 6.92 Å². The topological polar surface area (TPSA) is 94.6 Å². The number of aryl methyl sites for hydroxylation is 3. The Hall–Kier alpha value is -3.53. The molecule has 0 atom stereocenters. The molecule has 1 aliphatic rings. The maximum Gasteiger partial charge on any atom is 0.359 e. The summed E-state index contributed by atoms with van der Waals surface area (Å²) < 4.78 is 8.98. The molecule has 4 aromatic rings. The monoisotopic (exact) mass is 464 g/mol. The highest BCUT2D eigenvalue weighted by molar-refractivity contribution is 7.09. The fraction of sp³-hybridized carbons (Fsp3) is 0.348. The van der Waals surface area contributed by atoms with Crippen LogP contribution in [0.4, 0.5) is 0 Å². The molecule has 1 aliphatic heterocycles. The van der Waals surface area contributed by atoms with E-state index in [1.807, 2.05) is 45.9 Å². The van der Waals surface area contributed by atoms with Crippen molar-refractivity contribution in [3.05, 3.63) is 69.3 Å². The second-order valence-electron chi connectivity index (χ2n) is 7.90. The Kier molecular flexibility index (Phi) is 5.67. The van der Waals surface area contributed by atoms with Crippen LogP contribution in [0.15, 0.2) is 36.1 Å². The molecule has 10 heteroatoms. The SMILES string of the molecule is CCOC(=O)c1nn(CCc2scnc2C)c2c1CN(C(=O)c1cn3ccccc3n1)CC2. The number of hydrogen-bond donors (Lipinski definition) is 0. The Bertz CT molecular complexity index is 1300. The van der Waals surface area contributed by atoms with Crippen LogP contribution in [0.25, 0.3) is 5.65 Å². The van der Waals surface area contributed by atoms with E-state index in [2.05, 4.69) is 15.1 Å². The second-order valence-corrected chi connectivity index (χ2v) is 8.84. The molecule has 5 heterocycles. The lowest BCUT2D eigenvalue weighted by Gasteiger charge is -2.27. The first-order valence-corrected chi connectivity index (χ1v) is 11.8. The summed E-state index contributed by atoms with van der Waals surface area (Å²) in [7, 11) is 0. The largest absolute Gasteiger partial charge is 0.461 e. The van der Waals surface area contributed by atoms with Gasteiger partial charge in [0.2, 0.25) is 0 Å². The van der Waals surface area contributed by atoms with Crippen molar-refractivity contribution in [1.29, 1.82) is 0 Å². The van der Waals surface area contributed by atoms with Crippen molar-refractivity contribution in [2.45, 2.75) is 39.8 Å². The molecule has 170 valence electrons. The van der Waals surface area contributed by atoms with Crippen molar-refractivity contribution in [2.75, 3.05) is 13.2 Å². The fourth-order valence-electron chi connectivity index (χ4n) is 4.19. The number of nitrogens with zero attached hydrogens (tertiary/aromatic N) is 6. The third-order valence-corrected chi connectivity index (χ3v) is 6.86. The molecule has 5 rings (SSSR count). The standard InChI is InChI=1S/C23H24N6O3S/c1-3-32-23(31)21-16-12-28(22(30)17-13-27-9-5-4-6-20(27)25-17)10-7-18(16)29(26-21)11-8-19-15(2)24-14-33-19/h4-6,9,13-14H,3,7-8,10-12H2,1-2H3. The maximum atomic E-state index is 13.2. The maximum absolute atomic E-state index is 13.2. The predicted octanol–water partition coefficient (Wildman–Crippen LogP) is 2.91. The number of aromatic nitrogens is 5. The van der Waals surface area contributed by atoms with Gasteiger partial charge in [-0.15, -0.1) is 11.3 Å². The van der Waals surface area contributed by atoms with E-state index >= 15 is 0 Å². The van der Waals surface area contributed by atoms with Gasteiger partial charge in [-0.1, -0.05) is 6.07 Å². The number of pyridine rings is 1. The summed E-state index contributed by atoms with van der Waals surface area (Å²) in [5.41, 5.74) is 6.01. The van der Waals surface area contributed by atoms with Gasteiger partial charge < -0.3 is 14.0 Å². The second kappa shape index (κ2) is 8.78. The third-order valence-electron chi connectivity index (χ3n) is 5.87. The average Bonchev–Trinajstić information content (AvgIpc) is 3.53. The molecule has 0 fully saturated rings. The van der Waals surface area contributed by atoms with E-state index in [0.29, 0.717) is 37.4 Å². The molecular weight excluding hydrogens is 440 g/mol. The van der Waals surface area contributed by atoms with E-state index in [0.717, 1.165) is 29.0 Å². The molecule has 0 bridgehead atoms. The van der Waals surface area contributed by atoms with Crippen molar-refractivity contribution >= 4 is 28.9 Å². The third kappa shape index (κ3) is 4.02. The Morgan fingerprint density at radius 2 is 2.15 bits per heavy atom. The first-order chi connectivity index (χ1) is 16.0. The zero-order valence-corrected chi connectivity index (χ0v) is 19.3. The number of imidazole rings is 1. The number of hydrogen-bond acceptors (Lipinski definition) is 7. The fourth-order valence-corrected chi connectivity index (χ4v) is 4.96. The number of thiazole rings is 1. The van der Waals surface area contributed by atoms with Crippen molar-refractivity contribution in [3.63, 3.8) is 0 Å². The van der Waals surface area contributed by atoms with E-state index in [9.17, 15) is 9.59 Å². The van der Waals surface area contributed by atoms with E-state index in [1.54, 1.807) is 29.4 Å². The Labute approximate surface area is 194 Å². The summed E-state index contributed by atoms with van der Waals surface area (Å²) in [6, 6.07) is 5.64. The first kappa shape index (κ1) is 21.3. The zero-order chi connectivity index (χ0) is 22.9. The first-order valence-electron chi connectivity index (χ1n) is 10.9. The van der Waals surface area contributed by atoms with Gasteiger partial charge in [0.25, 0.3) is 5.91 Å². The van der Waals surface area contributed by atoms with Gasteiger partial charge in [0, 0.05) is 54.5 Å². The number of ether oxygens (including phenoxy) is 1. The minimum absolute atomic E-state index is 0.160. The number of esters is 1. The van der Waals surface area contributed by atoms with Crippen molar-refractivity contribution in [1.82, 2.24) is 29.0 Å². The van der Waals surface area contributed by atoms with Crippen LogP contribution >= 0.6 is 11.3 Å². The highest BCUT2D eigenvalue weighted by atomic mass is 32.1. The predicted molar refractivity (Wildman–Crippen MR) is 122 cm³/mol. The van der Waals surface area contributed by atoms with Crippen LogP contribution in [-0.2, 0) is 30.7 Å². The lowest BCUT2D eigenvalue weighted by atomic mass is 10.0. The normalized spacial score (nSPS) is 13.3. The quantitative estimate of drug-likeness (QED) is 0.407. The smallest absolute Gasteiger partial charge is 0.359 e. The molecule has 0 saturated heterocycles. The number of amides is 1. The number of carbonyl (C=O) groups is 2. The molecule has 33 heavy (non-hydrogen) atoms. The molecule has 0 aromatic carbocycles. The molecule has 4 aromatic heterocycles. The lowest BCUT2D eigenvalue weighted by molar-refractivity contribution is 0.0513. The van der Waals surface area contributed by atoms with Crippen LogP contribution < -0.4 is 0 Å². The highest BCUT2D eigenvalue weighted by Crippen LogP contribution is 2.26. The molecule has 0 N–H and O–H groups in total. The van der Waals surface area contributed by atoms with Crippen LogP contribution in [0.3, 0.4) is 0 Å². The lowest BCUT2D eigenvalue weighted by Crippen LogP contribution is -2.37. The molecular formula is C23H24N6O3S. The van der Waals surface area contributed by atoms with Gasteiger partial charge in [-0.05, 0) is 26.0 Å². The van der Waals surface area contributed by atoms with Crippen LogP contribution in [0.2, 0.25) is 0 Å². The average molecular weight is 465 g/mol. The van der Waals surface area contributed by atoms with E-state index in [-0.39, 0.29) is 12.5 Å².